The Labute approximate surface area is 139 Å². The molecule has 0 aliphatic carbocycles. The molecule has 2 rings (SSSR count). The van der Waals surface area contributed by atoms with Crippen molar-refractivity contribution in [3.05, 3.63) is 64.7 Å². The maximum Gasteiger partial charge on any atom is 0.239 e. The third-order valence-electron chi connectivity index (χ3n) is 2.95. The van der Waals surface area contributed by atoms with Gasteiger partial charge in [-0.15, -0.1) is 0 Å². The van der Waals surface area contributed by atoms with Gasteiger partial charge in [-0.1, -0.05) is 23.7 Å². The summed E-state index contributed by atoms with van der Waals surface area (Å²) >= 11 is 5.75. The molecular weight excluding hydrogens is 336 g/mol. The van der Waals surface area contributed by atoms with Crippen molar-refractivity contribution in [2.45, 2.75) is 5.75 Å². The van der Waals surface area contributed by atoms with Crippen LogP contribution in [0.2, 0.25) is 5.02 Å². The molecular formula is C16H13ClN2O3S. The number of carbonyl (C=O) groups excluding carboxylic acids is 1. The molecule has 118 valence electrons. The number of anilines is 1. The van der Waals surface area contributed by atoms with Gasteiger partial charge >= 0.3 is 0 Å². The van der Waals surface area contributed by atoms with Gasteiger partial charge in [-0.2, -0.15) is 5.26 Å². The highest BCUT2D eigenvalue weighted by Crippen LogP contribution is 2.13. The first-order chi connectivity index (χ1) is 10.9. The van der Waals surface area contributed by atoms with Crippen LogP contribution in [-0.4, -0.2) is 20.1 Å². The summed E-state index contributed by atoms with van der Waals surface area (Å²) in [6, 6.07) is 14.5. The number of nitrogens with one attached hydrogen (secondary N) is 1. The fraction of sp³-hybridized carbons (Fsp3) is 0.125. The minimum absolute atomic E-state index is 0.231. The number of nitrogens with zero attached hydrogens (tertiary/aromatic N) is 1. The monoisotopic (exact) mass is 348 g/mol. The van der Waals surface area contributed by atoms with Crippen LogP contribution in [0.4, 0.5) is 5.69 Å². The molecule has 0 spiro atoms. The van der Waals surface area contributed by atoms with Crippen LogP contribution in [0.5, 0.6) is 0 Å². The smallest absolute Gasteiger partial charge is 0.239 e. The van der Waals surface area contributed by atoms with Crippen molar-refractivity contribution in [3.8, 4) is 6.07 Å². The van der Waals surface area contributed by atoms with Crippen LogP contribution in [0.15, 0.2) is 48.5 Å². The number of carbonyl (C=O) groups is 1. The number of hydrogen-bond donors (Lipinski definition) is 1. The maximum absolute atomic E-state index is 12.0. The van der Waals surface area contributed by atoms with Gasteiger partial charge in [0.15, 0.2) is 9.84 Å². The molecule has 0 aromatic heterocycles. The molecule has 0 radical (unpaired) electrons. The van der Waals surface area contributed by atoms with E-state index in [0.29, 0.717) is 21.8 Å². The van der Waals surface area contributed by atoms with E-state index in [1.54, 1.807) is 36.4 Å². The van der Waals surface area contributed by atoms with E-state index in [4.69, 9.17) is 16.9 Å². The number of amides is 1. The molecule has 0 atom stereocenters. The van der Waals surface area contributed by atoms with Crippen molar-refractivity contribution in [1.29, 1.82) is 5.26 Å². The average Bonchev–Trinajstić information content (AvgIpc) is 2.49. The first kappa shape index (κ1) is 17.0. The van der Waals surface area contributed by atoms with Crippen LogP contribution in [0, 0.1) is 11.3 Å². The quantitative estimate of drug-likeness (QED) is 0.900. The zero-order valence-electron chi connectivity index (χ0n) is 12.0. The second kappa shape index (κ2) is 7.27. The zero-order chi connectivity index (χ0) is 16.9. The normalized spacial score (nSPS) is 10.8. The lowest BCUT2D eigenvalue weighted by Gasteiger charge is -2.07. The van der Waals surface area contributed by atoms with E-state index in [-0.39, 0.29) is 5.75 Å². The molecule has 2 aromatic rings. The average molecular weight is 349 g/mol. The highest BCUT2D eigenvalue weighted by molar-refractivity contribution is 7.91. The number of halogens is 1. The van der Waals surface area contributed by atoms with Crippen molar-refractivity contribution in [1.82, 2.24) is 0 Å². The Hall–Kier alpha value is -2.36. The van der Waals surface area contributed by atoms with E-state index >= 15 is 0 Å². The Morgan fingerprint density at radius 2 is 1.70 bits per heavy atom. The third-order valence-corrected chi connectivity index (χ3v) is 4.68. The van der Waals surface area contributed by atoms with E-state index in [0.717, 1.165) is 0 Å². The lowest BCUT2D eigenvalue weighted by molar-refractivity contribution is -0.113. The maximum atomic E-state index is 12.0. The summed E-state index contributed by atoms with van der Waals surface area (Å²) < 4.78 is 24.1. The van der Waals surface area contributed by atoms with Crippen molar-refractivity contribution in [2.24, 2.45) is 0 Å². The van der Waals surface area contributed by atoms with E-state index in [9.17, 15) is 13.2 Å². The summed E-state index contributed by atoms with van der Waals surface area (Å²) in [7, 11) is -3.59. The molecule has 2 aromatic carbocycles. The van der Waals surface area contributed by atoms with Crippen molar-refractivity contribution in [2.75, 3.05) is 11.1 Å². The van der Waals surface area contributed by atoms with Gasteiger partial charge in [0.05, 0.1) is 17.4 Å². The predicted molar refractivity (Wildman–Crippen MR) is 88.7 cm³/mol. The Morgan fingerprint density at radius 1 is 1.09 bits per heavy atom. The third kappa shape index (κ3) is 5.40. The lowest BCUT2D eigenvalue weighted by atomic mass is 10.2. The first-order valence-electron chi connectivity index (χ1n) is 6.63. The fourth-order valence-electron chi connectivity index (χ4n) is 1.91. The standard InChI is InChI=1S/C16H13ClN2O3S/c17-14-5-1-13(2-6-14)10-23(21,22)11-16(20)19-15-7-3-12(9-18)4-8-15/h1-8H,10-11H2,(H,19,20). The summed E-state index contributed by atoms with van der Waals surface area (Å²) in [5.74, 6) is -1.47. The summed E-state index contributed by atoms with van der Waals surface area (Å²) in [5, 5.41) is 11.7. The van der Waals surface area contributed by atoms with Crippen LogP contribution < -0.4 is 5.32 Å². The van der Waals surface area contributed by atoms with Gasteiger partial charge in [-0.05, 0) is 42.0 Å². The molecule has 0 heterocycles. The lowest BCUT2D eigenvalue weighted by Crippen LogP contribution is -2.23. The van der Waals surface area contributed by atoms with Gasteiger partial charge in [0.1, 0.15) is 5.75 Å². The molecule has 0 saturated heterocycles. The summed E-state index contributed by atoms with van der Waals surface area (Å²) in [5.41, 5.74) is 1.47. The van der Waals surface area contributed by atoms with E-state index in [1.165, 1.54) is 12.1 Å². The van der Waals surface area contributed by atoms with Gasteiger partial charge < -0.3 is 5.32 Å². The van der Waals surface area contributed by atoms with Crippen molar-refractivity contribution >= 4 is 33.0 Å². The Balaban J connectivity index is 1.97. The molecule has 1 N–H and O–H groups in total. The van der Waals surface area contributed by atoms with Crippen LogP contribution in [0.1, 0.15) is 11.1 Å². The van der Waals surface area contributed by atoms with Gasteiger partial charge in [0.2, 0.25) is 5.91 Å². The molecule has 0 fully saturated rings. The van der Waals surface area contributed by atoms with E-state index < -0.39 is 21.5 Å². The van der Waals surface area contributed by atoms with Crippen molar-refractivity contribution < 1.29 is 13.2 Å². The van der Waals surface area contributed by atoms with Gasteiger partial charge in [0.25, 0.3) is 0 Å². The SMILES string of the molecule is N#Cc1ccc(NC(=O)CS(=O)(=O)Cc2ccc(Cl)cc2)cc1. The predicted octanol–water partition coefficient (Wildman–Crippen LogP) is 2.77. The second-order valence-electron chi connectivity index (χ2n) is 4.90. The van der Waals surface area contributed by atoms with Crippen LogP contribution in [0.3, 0.4) is 0 Å². The van der Waals surface area contributed by atoms with E-state index in [2.05, 4.69) is 5.32 Å². The number of hydrogen-bond acceptors (Lipinski definition) is 4. The Bertz CT molecular complexity index is 838. The fourth-order valence-corrected chi connectivity index (χ4v) is 3.31. The molecule has 0 saturated carbocycles. The zero-order valence-corrected chi connectivity index (χ0v) is 13.6. The number of sulfone groups is 1. The van der Waals surface area contributed by atoms with Crippen LogP contribution in [0.25, 0.3) is 0 Å². The van der Waals surface area contributed by atoms with Crippen LogP contribution in [-0.2, 0) is 20.4 Å². The number of nitriles is 1. The summed E-state index contributed by atoms with van der Waals surface area (Å²) in [6.07, 6.45) is 0. The van der Waals surface area contributed by atoms with Crippen LogP contribution >= 0.6 is 11.6 Å². The highest BCUT2D eigenvalue weighted by atomic mass is 35.5. The second-order valence-corrected chi connectivity index (χ2v) is 7.40. The Morgan fingerprint density at radius 3 is 2.26 bits per heavy atom. The summed E-state index contributed by atoms with van der Waals surface area (Å²) in [6.45, 7) is 0. The minimum atomic E-state index is -3.59. The highest BCUT2D eigenvalue weighted by Gasteiger charge is 2.17. The van der Waals surface area contributed by atoms with E-state index in [1.807, 2.05) is 6.07 Å². The number of benzene rings is 2. The Kier molecular flexibility index (Phi) is 5.37. The topological polar surface area (TPSA) is 87.0 Å². The molecule has 0 bridgehead atoms. The van der Waals surface area contributed by atoms with Gasteiger partial charge in [0, 0.05) is 10.7 Å². The van der Waals surface area contributed by atoms with Crippen molar-refractivity contribution in [3.63, 3.8) is 0 Å². The molecule has 0 aliphatic rings. The molecule has 23 heavy (non-hydrogen) atoms. The molecule has 7 heteroatoms. The largest absolute Gasteiger partial charge is 0.325 e. The summed E-state index contributed by atoms with van der Waals surface area (Å²) in [4.78, 5) is 11.9. The van der Waals surface area contributed by atoms with Gasteiger partial charge in [-0.25, -0.2) is 8.42 Å². The van der Waals surface area contributed by atoms with Gasteiger partial charge in [-0.3, -0.25) is 4.79 Å². The first-order valence-corrected chi connectivity index (χ1v) is 8.83. The molecule has 5 nitrogen and oxygen atoms in total. The molecule has 1 amide bonds. The number of rotatable bonds is 5. The molecule has 0 aliphatic heterocycles. The molecule has 0 unspecified atom stereocenters. The minimum Gasteiger partial charge on any atom is -0.325 e.